The summed E-state index contributed by atoms with van der Waals surface area (Å²) in [4.78, 5) is 56.0. The summed E-state index contributed by atoms with van der Waals surface area (Å²) >= 11 is 0. The quantitative estimate of drug-likeness (QED) is 0.519. The number of hydrogen-bond donors (Lipinski definition) is 2. The molecular weight excluding hydrogens is 408 g/mol. The Hall–Kier alpha value is -1.96. The minimum Gasteiger partial charge on any atom is -0.347 e. The number of fused-ring (bicyclic) bond motifs is 1. The lowest BCUT2D eigenvalue weighted by molar-refractivity contribution is -0.144. The summed E-state index contributed by atoms with van der Waals surface area (Å²) in [5.74, 6) is -0.941. The van der Waals surface area contributed by atoms with Crippen molar-refractivity contribution in [3.05, 3.63) is 0 Å². The molecular formula is C24H38N4O4. The van der Waals surface area contributed by atoms with E-state index in [0.717, 1.165) is 58.0 Å². The zero-order chi connectivity index (χ0) is 22.8. The van der Waals surface area contributed by atoms with Gasteiger partial charge in [0.15, 0.2) is 0 Å². The van der Waals surface area contributed by atoms with E-state index in [1.807, 2.05) is 13.8 Å². The maximum Gasteiger partial charge on any atom is 0.289 e. The zero-order valence-electron chi connectivity index (χ0n) is 19.5. The van der Waals surface area contributed by atoms with Crippen LogP contribution in [-0.2, 0) is 19.2 Å². The molecule has 2 saturated heterocycles. The summed E-state index contributed by atoms with van der Waals surface area (Å²) < 4.78 is 0. The Labute approximate surface area is 190 Å². The second-order valence-electron chi connectivity index (χ2n) is 10.2. The molecule has 178 valence electrons. The summed E-state index contributed by atoms with van der Waals surface area (Å²) in [6.07, 6.45) is 8.16. The van der Waals surface area contributed by atoms with Crippen LogP contribution < -0.4 is 10.6 Å². The Balaban J connectivity index is 1.47. The molecule has 4 fully saturated rings. The van der Waals surface area contributed by atoms with Gasteiger partial charge in [-0.05, 0) is 76.8 Å². The van der Waals surface area contributed by atoms with Crippen LogP contribution in [0, 0.1) is 11.8 Å². The molecule has 2 heterocycles. The lowest BCUT2D eigenvalue weighted by Crippen LogP contribution is -2.57. The highest BCUT2D eigenvalue weighted by atomic mass is 16.2. The predicted molar refractivity (Wildman–Crippen MR) is 120 cm³/mol. The number of likely N-dealkylation sites (tertiary alicyclic amines) is 2. The molecule has 0 spiro atoms. The molecule has 5 atom stereocenters. The smallest absolute Gasteiger partial charge is 0.289 e. The third-order valence-corrected chi connectivity index (χ3v) is 7.83. The van der Waals surface area contributed by atoms with Crippen LogP contribution >= 0.6 is 0 Å². The first-order valence-corrected chi connectivity index (χ1v) is 12.6. The Morgan fingerprint density at radius 3 is 2.38 bits per heavy atom. The topological polar surface area (TPSA) is 98.8 Å². The second kappa shape index (κ2) is 9.89. The van der Waals surface area contributed by atoms with E-state index >= 15 is 0 Å². The van der Waals surface area contributed by atoms with Gasteiger partial charge in [0.1, 0.15) is 6.04 Å². The van der Waals surface area contributed by atoms with Crippen molar-refractivity contribution in [2.75, 3.05) is 19.6 Å². The van der Waals surface area contributed by atoms with Crippen LogP contribution in [0.25, 0.3) is 0 Å². The lowest BCUT2D eigenvalue weighted by Gasteiger charge is -2.33. The van der Waals surface area contributed by atoms with E-state index in [1.54, 1.807) is 4.90 Å². The van der Waals surface area contributed by atoms with Crippen LogP contribution in [0.4, 0.5) is 0 Å². The van der Waals surface area contributed by atoms with Crippen molar-refractivity contribution in [3.63, 3.8) is 0 Å². The molecule has 32 heavy (non-hydrogen) atoms. The van der Waals surface area contributed by atoms with E-state index < -0.39 is 23.8 Å². The molecule has 2 N–H and O–H groups in total. The van der Waals surface area contributed by atoms with Crippen molar-refractivity contribution >= 4 is 23.5 Å². The number of nitrogens with zero attached hydrogens (tertiary/aromatic N) is 2. The van der Waals surface area contributed by atoms with Crippen LogP contribution in [0.5, 0.6) is 0 Å². The van der Waals surface area contributed by atoms with E-state index in [4.69, 9.17) is 0 Å². The third kappa shape index (κ3) is 4.85. The second-order valence-corrected chi connectivity index (χ2v) is 10.2. The van der Waals surface area contributed by atoms with Crippen LogP contribution in [0.1, 0.15) is 71.6 Å². The van der Waals surface area contributed by atoms with Gasteiger partial charge in [0.05, 0.1) is 12.1 Å². The van der Waals surface area contributed by atoms with E-state index in [-0.39, 0.29) is 29.8 Å². The minimum atomic E-state index is -0.834. The monoisotopic (exact) mass is 446 g/mol. The fraction of sp³-hybridized carbons (Fsp3) is 0.833. The molecule has 2 aliphatic heterocycles. The number of Topliss-reactive ketones (excluding diaryl/α,β-unsaturated/α-hetero) is 1. The van der Waals surface area contributed by atoms with E-state index in [9.17, 15) is 19.2 Å². The van der Waals surface area contributed by atoms with E-state index in [1.165, 1.54) is 0 Å². The molecule has 4 rings (SSSR count). The first-order valence-electron chi connectivity index (χ1n) is 12.6. The van der Waals surface area contributed by atoms with Gasteiger partial charge in [-0.2, -0.15) is 0 Å². The summed E-state index contributed by atoms with van der Waals surface area (Å²) in [6, 6.07) is -1.51. The van der Waals surface area contributed by atoms with Crippen molar-refractivity contribution in [1.82, 2.24) is 20.4 Å². The van der Waals surface area contributed by atoms with Crippen molar-refractivity contribution in [2.45, 2.75) is 95.8 Å². The molecule has 0 aromatic heterocycles. The Bertz CT molecular complexity index is 746. The van der Waals surface area contributed by atoms with Crippen molar-refractivity contribution < 1.29 is 19.2 Å². The van der Waals surface area contributed by atoms with Crippen LogP contribution in [0.2, 0.25) is 0 Å². The van der Waals surface area contributed by atoms with Crippen LogP contribution in [0.15, 0.2) is 0 Å². The third-order valence-electron chi connectivity index (χ3n) is 7.83. The van der Waals surface area contributed by atoms with Gasteiger partial charge in [-0.25, -0.2) is 0 Å². The number of rotatable bonds is 9. The summed E-state index contributed by atoms with van der Waals surface area (Å²) in [7, 11) is 0. The molecule has 4 aliphatic rings. The van der Waals surface area contributed by atoms with E-state index in [0.29, 0.717) is 25.3 Å². The largest absolute Gasteiger partial charge is 0.347 e. The highest BCUT2D eigenvalue weighted by Gasteiger charge is 2.51. The molecule has 3 amide bonds. The van der Waals surface area contributed by atoms with Crippen molar-refractivity contribution in [2.24, 2.45) is 11.8 Å². The fourth-order valence-corrected chi connectivity index (χ4v) is 5.85. The number of ketones is 1. The average Bonchev–Trinajstić information content (AvgIpc) is 3.16. The van der Waals surface area contributed by atoms with E-state index in [2.05, 4.69) is 15.5 Å². The van der Waals surface area contributed by atoms with Gasteiger partial charge < -0.3 is 15.5 Å². The minimum absolute atomic E-state index is 0.0197. The summed E-state index contributed by atoms with van der Waals surface area (Å²) in [5, 5.41) is 5.62. The number of nitrogens with one attached hydrogen (secondary N) is 2. The molecule has 0 aromatic carbocycles. The number of carbonyl (C=O) groups is 4. The van der Waals surface area contributed by atoms with Crippen molar-refractivity contribution in [3.8, 4) is 0 Å². The van der Waals surface area contributed by atoms with Gasteiger partial charge in [-0.1, -0.05) is 19.8 Å². The van der Waals surface area contributed by atoms with Gasteiger partial charge in [0, 0.05) is 12.6 Å². The van der Waals surface area contributed by atoms with Gasteiger partial charge in [-0.15, -0.1) is 0 Å². The van der Waals surface area contributed by atoms with Gasteiger partial charge in [0.2, 0.25) is 17.6 Å². The van der Waals surface area contributed by atoms with Gasteiger partial charge in [-0.3, -0.25) is 24.1 Å². The number of hydrogen-bond acceptors (Lipinski definition) is 5. The van der Waals surface area contributed by atoms with Gasteiger partial charge in [0.25, 0.3) is 5.91 Å². The molecule has 0 bridgehead atoms. The SMILES string of the molecule is CCCC(NC(=O)C1C2CCCC2CN1C(=O)C(C)N1CCCC1)C(=O)C(=O)NC1CC1. The first kappa shape index (κ1) is 23.2. The Kier molecular flexibility index (Phi) is 7.17. The number of carbonyl (C=O) groups excluding carboxylic acids is 4. The maximum atomic E-state index is 13.5. The lowest BCUT2D eigenvalue weighted by atomic mass is 9.93. The zero-order valence-corrected chi connectivity index (χ0v) is 19.5. The molecule has 0 radical (unpaired) electrons. The molecule has 8 nitrogen and oxygen atoms in total. The molecule has 2 aliphatic carbocycles. The van der Waals surface area contributed by atoms with Crippen molar-refractivity contribution in [1.29, 1.82) is 0 Å². The average molecular weight is 447 g/mol. The maximum absolute atomic E-state index is 13.5. The molecule has 8 heteroatoms. The van der Waals surface area contributed by atoms with Crippen LogP contribution in [-0.4, -0.2) is 77.1 Å². The van der Waals surface area contributed by atoms with Crippen LogP contribution in [0.3, 0.4) is 0 Å². The normalized spacial score (nSPS) is 29.4. The predicted octanol–water partition coefficient (Wildman–Crippen LogP) is 1.23. The number of amides is 3. The molecule has 0 aromatic rings. The highest BCUT2D eigenvalue weighted by Crippen LogP contribution is 2.42. The van der Waals surface area contributed by atoms with Gasteiger partial charge >= 0.3 is 0 Å². The Morgan fingerprint density at radius 2 is 1.72 bits per heavy atom. The fourth-order valence-electron chi connectivity index (χ4n) is 5.85. The standard InChI is InChI=1S/C24H38N4O4/c1-3-7-19(21(29)23(31)25-17-10-11-17)26-22(30)20-18-9-6-8-16(18)14-28(20)24(32)15(2)27-12-4-5-13-27/h15-20H,3-14H2,1-2H3,(H,25,31)(H,26,30). The highest BCUT2D eigenvalue weighted by molar-refractivity contribution is 6.38. The summed E-state index contributed by atoms with van der Waals surface area (Å²) in [6.45, 7) is 6.35. The first-order chi connectivity index (χ1) is 15.4. The summed E-state index contributed by atoms with van der Waals surface area (Å²) in [5.41, 5.74) is 0. The Morgan fingerprint density at radius 1 is 1.00 bits per heavy atom. The molecule has 2 saturated carbocycles. The molecule has 5 unspecified atom stereocenters.